The summed E-state index contributed by atoms with van der Waals surface area (Å²) in [4.78, 5) is 2.32. The monoisotopic (exact) mass is 287 g/mol. The zero-order valence-corrected chi connectivity index (χ0v) is 12.9. The van der Waals surface area contributed by atoms with Gasteiger partial charge in [-0.25, -0.2) is 0 Å². The number of H-pyrrole nitrogens is 1. The van der Waals surface area contributed by atoms with Crippen molar-refractivity contribution in [3.63, 3.8) is 0 Å². The summed E-state index contributed by atoms with van der Waals surface area (Å²) in [5.41, 5.74) is 1.56. The van der Waals surface area contributed by atoms with Crippen LogP contribution in [0.4, 0.5) is 0 Å². The largest absolute Gasteiger partial charge is 0.422 e. The van der Waals surface area contributed by atoms with Crippen LogP contribution in [0.5, 0.6) is 5.88 Å². The van der Waals surface area contributed by atoms with Gasteiger partial charge in [-0.15, -0.1) is 5.10 Å². The van der Waals surface area contributed by atoms with E-state index >= 15 is 0 Å². The van der Waals surface area contributed by atoms with Crippen LogP contribution in [0.15, 0.2) is 0 Å². The van der Waals surface area contributed by atoms with Gasteiger partial charge in [0.25, 0.3) is 0 Å². The van der Waals surface area contributed by atoms with Gasteiger partial charge in [-0.05, 0) is 33.2 Å². The molecular weight excluding hydrogens is 266 g/mol. The molecule has 0 aromatic carbocycles. The summed E-state index contributed by atoms with van der Waals surface area (Å²) < 4.78 is 5.50. The number of hydrogen-bond donors (Lipinski definition) is 2. The predicted octanol–water partition coefficient (Wildman–Crippen LogP) is 1.83. The minimum Gasteiger partial charge on any atom is -0.422 e. The van der Waals surface area contributed by atoms with Crippen LogP contribution in [0.25, 0.3) is 0 Å². The highest BCUT2D eigenvalue weighted by Gasteiger charge is 2.57. The van der Waals surface area contributed by atoms with E-state index in [2.05, 4.69) is 42.1 Å². The third kappa shape index (κ3) is 1.74. The predicted molar refractivity (Wildman–Crippen MR) is 78.3 cm³/mol. The number of fused-ring (bicyclic) bond motifs is 2. The summed E-state index contributed by atoms with van der Waals surface area (Å²) in [7, 11) is 2.11. The van der Waals surface area contributed by atoms with E-state index in [-0.39, 0.29) is 17.2 Å². The molecule has 1 aromatic heterocycles. The fraction of sp³-hybridized carbons (Fsp3) is 0.667. The summed E-state index contributed by atoms with van der Waals surface area (Å²) in [5, 5.41) is 25.0. The normalized spacial score (nSPS) is 36.1. The number of nitrogens with zero attached hydrogens (tertiary/aromatic N) is 3. The van der Waals surface area contributed by atoms with Crippen molar-refractivity contribution in [2.75, 3.05) is 13.6 Å². The second-order valence-electron chi connectivity index (χ2n) is 6.49. The van der Waals surface area contributed by atoms with Gasteiger partial charge < -0.3 is 9.64 Å². The molecule has 4 atom stereocenters. The molecule has 3 heterocycles. The number of likely N-dealkylation sites (tertiary alicyclic amines) is 1. The Morgan fingerprint density at radius 3 is 2.90 bits per heavy atom. The molecule has 1 saturated heterocycles. The van der Waals surface area contributed by atoms with Gasteiger partial charge in [-0.3, -0.25) is 10.5 Å². The molecule has 3 rings (SSSR count). The lowest BCUT2D eigenvalue weighted by atomic mass is 9.57. The van der Waals surface area contributed by atoms with Gasteiger partial charge in [0.2, 0.25) is 11.8 Å². The van der Waals surface area contributed by atoms with E-state index < -0.39 is 5.92 Å². The van der Waals surface area contributed by atoms with Crippen molar-refractivity contribution in [1.29, 1.82) is 10.7 Å². The van der Waals surface area contributed by atoms with Crippen molar-refractivity contribution in [1.82, 2.24) is 15.1 Å². The number of nitriles is 1. The molecule has 1 fully saturated rings. The van der Waals surface area contributed by atoms with Gasteiger partial charge >= 0.3 is 0 Å². The zero-order chi connectivity index (χ0) is 15.4. The molecule has 21 heavy (non-hydrogen) atoms. The van der Waals surface area contributed by atoms with Crippen molar-refractivity contribution < 1.29 is 4.74 Å². The summed E-state index contributed by atoms with van der Waals surface area (Å²) in [6.07, 6.45) is 0.835. The fourth-order valence-corrected chi connectivity index (χ4v) is 4.12. The topological polar surface area (TPSA) is 88.8 Å². The maximum Gasteiger partial charge on any atom is 0.243 e. The van der Waals surface area contributed by atoms with Crippen LogP contribution < -0.4 is 4.74 Å². The lowest BCUT2D eigenvalue weighted by Crippen LogP contribution is -2.58. The number of hydrogen-bond acceptors (Lipinski definition) is 5. The van der Waals surface area contributed by atoms with Gasteiger partial charge in [0.05, 0.1) is 6.07 Å². The molecule has 0 aliphatic carbocycles. The van der Waals surface area contributed by atoms with Gasteiger partial charge in [0.15, 0.2) is 0 Å². The van der Waals surface area contributed by atoms with Crippen LogP contribution in [0.1, 0.15) is 31.5 Å². The number of nitrogens with one attached hydrogen (secondary N) is 2. The zero-order valence-electron chi connectivity index (χ0n) is 12.9. The molecule has 0 radical (unpaired) electrons. The SMILES string of the molecule is Cc1[nH]nc2c1C1(CC(C)N(C)C[C@H]1C)C(C#N)C(=N)O2. The Hall–Kier alpha value is -1.87. The summed E-state index contributed by atoms with van der Waals surface area (Å²) in [6, 6.07) is 2.68. The van der Waals surface area contributed by atoms with Crippen LogP contribution >= 0.6 is 0 Å². The quantitative estimate of drug-likeness (QED) is 0.762. The van der Waals surface area contributed by atoms with Gasteiger partial charge in [-0.1, -0.05) is 6.92 Å². The van der Waals surface area contributed by atoms with E-state index in [9.17, 15) is 5.26 Å². The van der Waals surface area contributed by atoms with Crippen LogP contribution in [-0.2, 0) is 5.41 Å². The number of rotatable bonds is 0. The molecule has 1 spiro atoms. The first-order valence-corrected chi connectivity index (χ1v) is 7.33. The second kappa shape index (κ2) is 4.57. The van der Waals surface area contributed by atoms with Crippen molar-refractivity contribution in [2.24, 2.45) is 11.8 Å². The van der Waals surface area contributed by atoms with Gasteiger partial charge in [0, 0.05) is 29.3 Å². The van der Waals surface area contributed by atoms with E-state index in [1.807, 2.05) is 6.92 Å². The maximum atomic E-state index is 9.69. The molecule has 0 amide bonds. The van der Waals surface area contributed by atoms with Crippen molar-refractivity contribution in [3.8, 4) is 11.9 Å². The molecule has 6 nitrogen and oxygen atoms in total. The minimum absolute atomic E-state index is 0.0279. The van der Waals surface area contributed by atoms with Gasteiger partial charge in [-0.2, -0.15) is 5.26 Å². The highest BCUT2D eigenvalue weighted by atomic mass is 16.5. The standard InChI is InChI=1S/C15H21N5O/c1-8-7-20(4)9(2)5-15(8)11(6-16)13(17)21-14-12(15)10(3)18-19-14/h8-9,11,17H,5,7H2,1-4H3,(H,18,19)/t8-,9?,11?,15?/m1/s1. The molecule has 0 saturated carbocycles. The van der Waals surface area contributed by atoms with E-state index in [4.69, 9.17) is 10.1 Å². The Kier molecular flexibility index (Phi) is 3.06. The lowest BCUT2D eigenvalue weighted by molar-refractivity contribution is 0.0546. The van der Waals surface area contributed by atoms with Crippen LogP contribution in [-0.4, -0.2) is 40.6 Å². The average Bonchev–Trinajstić information content (AvgIpc) is 2.78. The van der Waals surface area contributed by atoms with Gasteiger partial charge in [0.1, 0.15) is 5.92 Å². The molecule has 2 N–H and O–H groups in total. The Bertz CT molecular complexity index is 630. The summed E-state index contributed by atoms with van der Waals surface area (Å²) >= 11 is 0. The fourth-order valence-electron chi connectivity index (χ4n) is 4.12. The Morgan fingerprint density at radius 1 is 1.52 bits per heavy atom. The van der Waals surface area contributed by atoms with E-state index in [1.54, 1.807) is 0 Å². The smallest absolute Gasteiger partial charge is 0.243 e. The lowest BCUT2D eigenvalue weighted by Gasteiger charge is -2.52. The molecule has 2 aliphatic rings. The number of aromatic nitrogens is 2. The average molecular weight is 287 g/mol. The number of piperidine rings is 1. The third-order valence-electron chi connectivity index (χ3n) is 5.32. The number of aryl methyl sites for hydroxylation is 1. The van der Waals surface area contributed by atoms with E-state index in [1.165, 1.54) is 0 Å². The number of aromatic amines is 1. The first kappa shape index (κ1) is 14.1. The molecule has 1 aromatic rings. The van der Waals surface area contributed by atoms with Crippen molar-refractivity contribution in [3.05, 3.63) is 11.3 Å². The third-order valence-corrected chi connectivity index (χ3v) is 5.32. The molecule has 6 heteroatoms. The molecule has 2 aliphatic heterocycles. The van der Waals surface area contributed by atoms with Crippen LogP contribution in [0, 0.1) is 35.5 Å². The molecule has 112 valence electrons. The van der Waals surface area contributed by atoms with Crippen LogP contribution in [0.3, 0.4) is 0 Å². The second-order valence-corrected chi connectivity index (χ2v) is 6.49. The van der Waals surface area contributed by atoms with E-state index in [0.717, 1.165) is 24.2 Å². The van der Waals surface area contributed by atoms with Crippen molar-refractivity contribution in [2.45, 2.75) is 38.6 Å². The van der Waals surface area contributed by atoms with E-state index in [0.29, 0.717) is 11.9 Å². The summed E-state index contributed by atoms with van der Waals surface area (Å²) in [5.74, 6) is 0.211. The first-order chi connectivity index (χ1) is 9.91. The molecular formula is C15H21N5O. The van der Waals surface area contributed by atoms with Crippen molar-refractivity contribution >= 4 is 5.90 Å². The van der Waals surface area contributed by atoms with Crippen LogP contribution in [0.2, 0.25) is 0 Å². The Labute approximate surface area is 124 Å². The minimum atomic E-state index is -0.549. The molecule has 0 bridgehead atoms. The number of ether oxygens (including phenoxy) is 1. The highest BCUT2D eigenvalue weighted by Crippen LogP contribution is 2.53. The summed E-state index contributed by atoms with van der Waals surface area (Å²) in [6.45, 7) is 7.21. The highest BCUT2D eigenvalue weighted by molar-refractivity contribution is 5.85. The Morgan fingerprint density at radius 2 is 2.24 bits per heavy atom. The first-order valence-electron chi connectivity index (χ1n) is 7.33. The Balaban J connectivity index is 2.23. The maximum absolute atomic E-state index is 9.69. The molecule has 3 unspecified atom stereocenters.